The number of hydrogen-bond acceptors (Lipinski definition) is 2. The van der Waals surface area contributed by atoms with E-state index in [1.807, 2.05) is 12.1 Å². The van der Waals surface area contributed by atoms with E-state index in [1.165, 1.54) is 5.56 Å². The maximum Gasteiger partial charge on any atom is 0.122 e. The first-order chi connectivity index (χ1) is 7.92. The lowest BCUT2D eigenvalue weighted by Gasteiger charge is -2.20. The molecule has 0 aliphatic rings. The molecule has 0 saturated carbocycles. The first-order valence-electron chi connectivity index (χ1n) is 6.00. The van der Waals surface area contributed by atoms with Crippen molar-refractivity contribution < 1.29 is 4.74 Å². The van der Waals surface area contributed by atoms with Gasteiger partial charge in [0.25, 0.3) is 0 Å². The van der Waals surface area contributed by atoms with E-state index < -0.39 is 0 Å². The Labute approximate surface area is 113 Å². The van der Waals surface area contributed by atoms with Gasteiger partial charge in [-0.2, -0.15) is 0 Å². The number of nitrogens with one attached hydrogen (secondary N) is 1. The second-order valence-electron chi connectivity index (χ2n) is 5.24. The van der Waals surface area contributed by atoms with Gasteiger partial charge in [-0.15, -0.1) is 0 Å². The van der Waals surface area contributed by atoms with Gasteiger partial charge < -0.3 is 10.1 Å². The summed E-state index contributed by atoms with van der Waals surface area (Å²) in [6, 6.07) is 6.16. The van der Waals surface area contributed by atoms with Gasteiger partial charge in [-0.3, -0.25) is 0 Å². The molecule has 1 aromatic rings. The van der Waals surface area contributed by atoms with Crippen molar-refractivity contribution in [3.63, 3.8) is 0 Å². The maximum atomic E-state index is 5.36. The van der Waals surface area contributed by atoms with E-state index in [-0.39, 0.29) is 5.54 Å². The molecular formula is C14H22BrNO. The minimum Gasteiger partial charge on any atom is -0.496 e. The van der Waals surface area contributed by atoms with Crippen LogP contribution in [0.1, 0.15) is 32.8 Å². The van der Waals surface area contributed by atoms with Gasteiger partial charge in [0.05, 0.1) is 7.11 Å². The molecule has 0 aliphatic heterocycles. The minimum atomic E-state index is 0.196. The Kier molecular flexibility index (Phi) is 5.47. The summed E-state index contributed by atoms with van der Waals surface area (Å²) in [5.74, 6) is 0.976. The fourth-order valence-electron chi connectivity index (χ4n) is 1.68. The molecular weight excluding hydrogens is 278 g/mol. The summed E-state index contributed by atoms with van der Waals surface area (Å²) in [6.45, 7) is 7.59. The van der Waals surface area contributed by atoms with E-state index in [1.54, 1.807) is 7.11 Å². The zero-order valence-corrected chi connectivity index (χ0v) is 12.7. The molecule has 0 bridgehead atoms. The van der Waals surface area contributed by atoms with Gasteiger partial charge in [-0.25, -0.2) is 0 Å². The Morgan fingerprint density at radius 3 is 2.59 bits per heavy atom. The second kappa shape index (κ2) is 6.41. The molecule has 0 aromatic heterocycles. The van der Waals surface area contributed by atoms with Crippen LogP contribution < -0.4 is 10.1 Å². The smallest absolute Gasteiger partial charge is 0.122 e. The summed E-state index contributed by atoms with van der Waals surface area (Å²) in [6.07, 6.45) is 2.15. The van der Waals surface area contributed by atoms with Crippen LogP contribution in [0.15, 0.2) is 22.7 Å². The van der Waals surface area contributed by atoms with Crippen LogP contribution in [0.4, 0.5) is 0 Å². The fraction of sp³-hybridized carbons (Fsp3) is 0.571. The number of aryl methyl sites for hydroxylation is 1. The van der Waals surface area contributed by atoms with E-state index in [4.69, 9.17) is 4.74 Å². The molecule has 0 saturated heterocycles. The highest BCUT2D eigenvalue weighted by atomic mass is 79.9. The van der Waals surface area contributed by atoms with Gasteiger partial charge in [0.15, 0.2) is 0 Å². The highest BCUT2D eigenvalue weighted by molar-refractivity contribution is 9.10. The van der Waals surface area contributed by atoms with Gasteiger partial charge in [0.1, 0.15) is 5.75 Å². The minimum absolute atomic E-state index is 0.196. The SMILES string of the molecule is COc1ccc(Br)cc1CCCNC(C)(C)C. The normalized spacial score (nSPS) is 11.6. The number of ether oxygens (including phenoxy) is 1. The molecule has 1 aromatic carbocycles. The molecule has 0 radical (unpaired) electrons. The van der Waals surface area contributed by atoms with Crippen molar-refractivity contribution in [2.45, 2.75) is 39.2 Å². The predicted molar refractivity (Wildman–Crippen MR) is 76.8 cm³/mol. The van der Waals surface area contributed by atoms with Crippen molar-refractivity contribution in [3.8, 4) is 5.75 Å². The molecule has 0 unspecified atom stereocenters. The summed E-state index contributed by atoms with van der Waals surface area (Å²) in [7, 11) is 1.72. The number of hydrogen-bond donors (Lipinski definition) is 1. The molecule has 2 nitrogen and oxygen atoms in total. The van der Waals surface area contributed by atoms with Crippen LogP contribution in [0.2, 0.25) is 0 Å². The molecule has 3 heteroatoms. The average Bonchev–Trinajstić information content (AvgIpc) is 2.23. The summed E-state index contributed by atoms with van der Waals surface area (Å²) in [4.78, 5) is 0. The Morgan fingerprint density at radius 1 is 1.29 bits per heavy atom. The van der Waals surface area contributed by atoms with E-state index >= 15 is 0 Å². The Morgan fingerprint density at radius 2 is 2.00 bits per heavy atom. The third-order valence-electron chi connectivity index (χ3n) is 2.52. The van der Waals surface area contributed by atoms with E-state index in [0.717, 1.165) is 29.6 Å². The third-order valence-corrected chi connectivity index (χ3v) is 3.01. The maximum absolute atomic E-state index is 5.36. The summed E-state index contributed by atoms with van der Waals surface area (Å²) in [5, 5.41) is 3.49. The molecule has 0 fully saturated rings. The molecule has 0 heterocycles. The Bertz CT molecular complexity index is 358. The number of halogens is 1. The van der Waals surface area contributed by atoms with E-state index in [9.17, 15) is 0 Å². The van der Waals surface area contributed by atoms with Gasteiger partial charge in [0, 0.05) is 10.0 Å². The fourth-order valence-corrected chi connectivity index (χ4v) is 2.09. The van der Waals surface area contributed by atoms with Crippen LogP contribution in [0.25, 0.3) is 0 Å². The second-order valence-corrected chi connectivity index (χ2v) is 6.15. The lowest BCUT2D eigenvalue weighted by molar-refractivity contribution is 0.404. The standard InChI is InChI=1S/C14H22BrNO/c1-14(2,3)16-9-5-6-11-10-12(15)7-8-13(11)17-4/h7-8,10,16H,5-6,9H2,1-4H3. The van der Waals surface area contributed by atoms with Crippen LogP contribution in [0.5, 0.6) is 5.75 Å². The molecule has 0 amide bonds. The third kappa shape index (κ3) is 5.55. The zero-order valence-electron chi connectivity index (χ0n) is 11.1. The van der Waals surface area contributed by atoms with Crippen molar-refractivity contribution in [3.05, 3.63) is 28.2 Å². The van der Waals surface area contributed by atoms with Gasteiger partial charge in [-0.1, -0.05) is 15.9 Å². The molecule has 0 spiro atoms. The highest BCUT2D eigenvalue weighted by Gasteiger charge is 2.08. The lowest BCUT2D eigenvalue weighted by atomic mass is 10.1. The predicted octanol–water partition coefficient (Wildman–Crippen LogP) is 3.78. The van der Waals surface area contributed by atoms with Crippen LogP contribution >= 0.6 is 15.9 Å². The summed E-state index contributed by atoms with van der Waals surface area (Å²) >= 11 is 3.50. The van der Waals surface area contributed by atoms with Crippen LogP contribution in [0, 0.1) is 0 Å². The first kappa shape index (κ1) is 14.5. The zero-order chi connectivity index (χ0) is 12.9. The summed E-state index contributed by atoms with van der Waals surface area (Å²) in [5.41, 5.74) is 1.46. The van der Waals surface area contributed by atoms with Crippen molar-refractivity contribution in [1.82, 2.24) is 5.32 Å². The van der Waals surface area contributed by atoms with Gasteiger partial charge >= 0.3 is 0 Å². The molecule has 96 valence electrons. The Balaban J connectivity index is 2.48. The quantitative estimate of drug-likeness (QED) is 0.836. The molecule has 0 atom stereocenters. The Hall–Kier alpha value is -0.540. The summed E-state index contributed by atoms with van der Waals surface area (Å²) < 4.78 is 6.47. The molecule has 17 heavy (non-hydrogen) atoms. The largest absolute Gasteiger partial charge is 0.496 e. The van der Waals surface area contributed by atoms with E-state index in [2.05, 4.69) is 48.1 Å². The lowest BCUT2D eigenvalue weighted by Crippen LogP contribution is -2.36. The van der Waals surface area contributed by atoms with Crippen LogP contribution in [0.3, 0.4) is 0 Å². The highest BCUT2D eigenvalue weighted by Crippen LogP contribution is 2.24. The molecule has 1 N–H and O–H groups in total. The average molecular weight is 300 g/mol. The van der Waals surface area contributed by atoms with E-state index in [0.29, 0.717) is 0 Å². The molecule has 1 rings (SSSR count). The molecule has 0 aliphatic carbocycles. The number of methoxy groups -OCH3 is 1. The monoisotopic (exact) mass is 299 g/mol. The first-order valence-corrected chi connectivity index (χ1v) is 6.79. The van der Waals surface area contributed by atoms with Gasteiger partial charge in [0.2, 0.25) is 0 Å². The van der Waals surface area contributed by atoms with Crippen molar-refractivity contribution in [2.75, 3.05) is 13.7 Å². The number of rotatable bonds is 5. The van der Waals surface area contributed by atoms with Crippen LogP contribution in [-0.2, 0) is 6.42 Å². The van der Waals surface area contributed by atoms with Crippen molar-refractivity contribution in [1.29, 1.82) is 0 Å². The van der Waals surface area contributed by atoms with Crippen molar-refractivity contribution >= 4 is 15.9 Å². The van der Waals surface area contributed by atoms with Crippen molar-refractivity contribution in [2.24, 2.45) is 0 Å². The van der Waals surface area contributed by atoms with Gasteiger partial charge in [-0.05, 0) is 63.9 Å². The topological polar surface area (TPSA) is 21.3 Å². The van der Waals surface area contributed by atoms with Crippen LogP contribution in [-0.4, -0.2) is 19.2 Å². The number of benzene rings is 1.